The Balaban J connectivity index is 1.48. The summed E-state index contributed by atoms with van der Waals surface area (Å²) >= 11 is 7.21. The van der Waals surface area contributed by atoms with Gasteiger partial charge >= 0.3 is 17.8 Å². The average Bonchev–Trinajstić information content (AvgIpc) is 3.17. The van der Waals surface area contributed by atoms with Crippen molar-refractivity contribution in [2.45, 2.75) is 33.1 Å². The molecule has 1 atom stereocenters. The second-order valence-electron chi connectivity index (χ2n) is 8.09. The summed E-state index contributed by atoms with van der Waals surface area (Å²) in [5.41, 5.74) is 3.26. The van der Waals surface area contributed by atoms with Gasteiger partial charge < -0.3 is 14.5 Å². The summed E-state index contributed by atoms with van der Waals surface area (Å²) in [6.07, 6.45) is 4.68. The third-order valence-electron chi connectivity index (χ3n) is 5.56. The first kappa shape index (κ1) is 24.6. The van der Waals surface area contributed by atoms with Crippen LogP contribution in [0.4, 0.5) is 5.00 Å². The Bertz CT molecular complexity index is 1410. The van der Waals surface area contributed by atoms with E-state index in [1.807, 2.05) is 0 Å². The van der Waals surface area contributed by atoms with Gasteiger partial charge in [-0.15, -0.1) is 11.3 Å². The Morgan fingerprint density at radius 1 is 1.31 bits per heavy atom. The fraction of sp³-hybridized carbons (Fsp3) is 0.292. The van der Waals surface area contributed by atoms with Gasteiger partial charge in [0.2, 0.25) is 5.43 Å². The number of nitrogens with one attached hydrogen (secondary N) is 2. The summed E-state index contributed by atoms with van der Waals surface area (Å²) in [5.74, 6) is -2.14. The monoisotopic (exact) mass is 515 g/mol. The lowest BCUT2D eigenvalue weighted by Crippen LogP contribution is -2.32. The lowest BCUT2D eigenvalue weighted by Gasteiger charge is -2.18. The third kappa shape index (κ3) is 5.28. The molecular weight excluding hydrogens is 494 g/mol. The molecule has 0 unspecified atom stereocenters. The van der Waals surface area contributed by atoms with Crippen LogP contribution >= 0.6 is 22.9 Å². The van der Waals surface area contributed by atoms with Crippen molar-refractivity contribution < 1.29 is 23.5 Å². The standard InChI is InChI=1S/C24H22ClN3O6S/c1-3-33-24(32)19-15-6-4-12(2)8-18(15)35-23(19)27-21(30)22(31)28-26-10-13-11-34-17-7-5-14(25)9-16(17)20(13)29/h5,7,9-12H,3-4,6,8H2,1-2H3,(H,27,30)(H,28,31)/b26-10-/t12-/m0/s1. The fourth-order valence-corrected chi connectivity index (χ4v) is 5.40. The number of fused-ring (bicyclic) bond motifs is 2. The molecule has 2 heterocycles. The van der Waals surface area contributed by atoms with Crippen LogP contribution in [0, 0.1) is 5.92 Å². The number of rotatable bonds is 5. The van der Waals surface area contributed by atoms with Crippen LogP contribution in [0.2, 0.25) is 5.02 Å². The zero-order valence-electron chi connectivity index (χ0n) is 19.0. The van der Waals surface area contributed by atoms with Gasteiger partial charge in [0.15, 0.2) is 0 Å². The number of benzene rings is 1. The number of nitrogens with zero attached hydrogens (tertiary/aromatic N) is 1. The molecule has 1 aliphatic carbocycles. The number of thiophene rings is 1. The summed E-state index contributed by atoms with van der Waals surface area (Å²) < 4.78 is 10.6. The number of hydrazone groups is 1. The summed E-state index contributed by atoms with van der Waals surface area (Å²) in [6.45, 7) is 4.02. The van der Waals surface area contributed by atoms with Gasteiger partial charge in [-0.2, -0.15) is 5.10 Å². The number of amides is 2. The number of carbonyl (C=O) groups is 3. The molecule has 35 heavy (non-hydrogen) atoms. The summed E-state index contributed by atoms with van der Waals surface area (Å²) in [7, 11) is 0. The van der Waals surface area contributed by atoms with E-state index in [4.69, 9.17) is 20.8 Å². The highest BCUT2D eigenvalue weighted by atomic mass is 35.5. The van der Waals surface area contributed by atoms with Crippen molar-refractivity contribution in [1.82, 2.24) is 5.43 Å². The van der Waals surface area contributed by atoms with E-state index in [0.29, 0.717) is 28.5 Å². The molecule has 0 spiro atoms. The normalized spacial score (nSPS) is 15.1. The number of ether oxygens (including phenoxy) is 1. The molecule has 0 bridgehead atoms. The number of hydrogen-bond acceptors (Lipinski definition) is 8. The van der Waals surface area contributed by atoms with Crippen LogP contribution in [0.3, 0.4) is 0 Å². The van der Waals surface area contributed by atoms with Crippen LogP contribution in [0.5, 0.6) is 0 Å². The Labute approximate surface area is 209 Å². The molecule has 0 saturated heterocycles. The highest BCUT2D eigenvalue weighted by molar-refractivity contribution is 7.17. The van der Waals surface area contributed by atoms with Gasteiger partial charge in [0.1, 0.15) is 16.8 Å². The van der Waals surface area contributed by atoms with E-state index in [1.165, 1.54) is 23.7 Å². The maximum atomic E-state index is 12.6. The van der Waals surface area contributed by atoms with E-state index in [0.717, 1.165) is 29.5 Å². The van der Waals surface area contributed by atoms with Gasteiger partial charge in [0.05, 0.1) is 29.3 Å². The highest BCUT2D eigenvalue weighted by Crippen LogP contribution is 2.40. The molecule has 9 nitrogen and oxygen atoms in total. The lowest BCUT2D eigenvalue weighted by atomic mass is 9.88. The van der Waals surface area contributed by atoms with Gasteiger partial charge in [-0.25, -0.2) is 10.2 Å². The van der Waals surface area contributed by atoms with Gasteiger partial charge in [0.25, 0.3) is 0 Å². The van der Waals surface area contributed by atoms with Gasteiger partial charge in [-0.05, 0) is 55.9 Å². The van der Waals surface area contributed by atoms with Gasteiger partial charge in [-0.1, -0.05) is 18.5 Å². The number of hydrogen-bond donors (Lipinski definition) is 2. The van der Waals surface area contributed by atoms with E-state index < -0.39 is 23.2 Å². The number of anilines is 1. The smallest absolute Gasteiger partial charge is 0.341 e. The molecule has 0 radical (unpaired) electrons. The number of halogens is 1. The van der Waals surface area contributed by atoms with Crippen LogP contribution in [-0.2, 0) is 27.2 Å². The molecule has 0 aliphatic heterocycles. The van der Waals surface area contributed by atoms with Crippen molar-refractivity contribution in [1.29, 1.82) is 0 Å². The SMILES string of the molecule is CCOC(=O)c1c(NC(=O)C(=O)N/N=C\c2coc3ccc(Cl)cc3c2=O)sc2c1CC[C@H](C)C2. The molecule has 0 fully saturated rings. The molecule has 4 rings (SSSR count). The van der Waals surface area contributed by atoms with Crippen LogP contribution < -0.4 is 16.2 Å². The largest absolute Gasteiger partial charge is 0.463 e. The Hall–Kier alpha value is -3.50. The zero-order chi connectivity index (χ0) is 25.1. The molecule has 3 aromatic rings. The van der Waals surface area contributed by atoms with Crippen LogP contribution in [0.25, 0.3) is 11.0 Å². The van der Waals surface area contributed by atoms with Crippen LogP contribution in [0.1, 0.15) is 46.6 Å². The minimum absolute atomic E-state index is 0.0603. The van der Waals surface area contributed by atoms with Crippen LogP contribution in [-0.4, -0.2) is 30.6 Å². The summed E-state index contributed by atoms with van der Waals surface area (Å²) in [6, 6.07) is 4.63. The molecule has 1 aromatic carbocycles. The zero-order valence-corrected chi connectivity index (χ0v) is 20.5. The Morgan fingerprint density at radius 2 is 2.11 bits per heavy atom. The van der Waals surface area contributed by atoms with E-state index in [9.17, 15) is 19.2 Å². The molecule has 2 N–H and O–H groups in total. The van der Waals surface area contributed by atoms with Crippen molar-refractivity contribution in [2.24, 2.45) is 11.0 Å². The minimum atomic E-state index is -1.07. The van der Waals surface area contributed by atoms with Gasteiger partial charge in [-0.3, -0.25) is 14.4 Å². The molecule has 11 heteroatoms. The minimum Gasteiger partial charge on any atom is -0.463 e. The van der Waals surface area contributed by atoms with Crippen molar-refractivity contribution in [3.63, 3.8) is 0 Å². The van der Waals surface area contributed by atoms with E-state index >= 15 is 0 Å². The van der Waals surface area contributed by atoms with Crippen molar-refractivity contribution in [3.05, 3.63) is 61.3 Å². The maximum absolute atomic E-state index is 12.6. The van der Waals surface area contributed by atoms with E-state index in [2.05, 4.69) is 22.8 Å². The maximum Gasteiger partial charge on any atom is 0.341 e. The van der Waals surface area contributed by atoms with Crippen molar-refractivity contribution in [2.75, 3.05) is 11.9 Å². The van der Waals surface area contributed by atoms with Crippen LogP contribution in [0.15, 0.2) is 38.8 Å². The Kier molecular flexibility index (Phi) is 7.32. The van der Waals surface area contributed by atoms with Crippen molar-refractivity contribution >= 4 is 62.9 Å². The predicted molar refractivity (Wildman–Crippen MR) is 133 cm³/mol. The molecule has 1 aliphatic rings. The number of esters is 1. The van der Waals surface area contributed by atoms with Crippen molar-refractivity contribution in [3.8, 4) is 0 Å². The third-order valence-corrected chi connectivity index (χ3v) is 6.96. The molecular formula is C24H22ClN3O6S. The average molecular weight is 516 g/mol. The molecule has 2 amide bonds. The summed E-state index contributed by atoms with van der Waals surface area (Å²) in [5, 5.41) is 7.10. The van der Waals surface area contributed by atoms with Gasteiger partial charge in [0, 0.05) is 9.90 Å². The second-order valence-corrected chi connectivity index (χ2v) is 9.63. The predicted octanol–water partition coefficient (Wildman–Crippen LogP) is 3.90. The topological polar surface area (TPSA) is 127 Å². The molecule has 182 valence electrons. The first-order valence-electron chi connectivity index (χ1n) is 11.0. The second kappa shape index (κ2) is 10.4. The highest BCUT2D eigenvalue weighted by Gasteiger charge is 2.30. The molecule has 0 saturated carbocycles. The van der Waals surface area contributed by atoms with E-state index in [-0.39, 0.29) is 22.6 Å². The number of carbonyl (C=O) groups excluding carboxylic acids is 3. The quantitative estimate of drug-likeness (QED) is 0.229. The lowest BCUT2D eigenvalue weighted by molar-refractivity contribution is -0.136. The molecule has 2 aromatic heterocycles. The summed E-state index contributed by atoms with van der Waals surface area (Å²) in [4.78, 5) is 51.0. The first-order chi connectivity index (χ1) is 16.8. The fourth-order valence-electron chi connectivity index (χ4n) is 3.84. The Morgan fingerprint density at radius 3 is 2.89 bits per heavy atom. The first-order valence-corrected chi connectivity index (χ1v) is 12.1. The van der Waals surface area contributed by atoms with E-state index in [1.54, 1.807) is 19.1 Å².